The van der Waals surface area contributed by atoms with Crippen LogP contribution in [0.2, 0.25) is 0 Å². The van der Waals surface area contributed by atoms with Crippen LogP contribution < -0.4 is 10.6 Å². The maximum absolute atomic E-state index is 13.6. The highest BCUT2D eigenvalue weighted by Gasteiger charge is 2.19. The molecule has 0 spiro atoms. The highest BCUT2D eigenvalue weighted by molar-refractivity contribution is 5.49. The fraction of sp³-hybridized carbons (Fsp3) is 0.600. The van der Waals surface area contributed by atoms with Gasteiger partial charge in [-0.2, -0.15) is 0 Å². The quantitative estimate of drug-likeness (QED) is 0.890. The largest absolute Gasteiger partial charge is 0.371 e. The molecule has 0 aliphatic carbocycles. The minimum absolute atomic E-state index is 0.144. The van der Waals surface area contributed by atoms with Gasteiger partial charge in [-0.15, -0.1) is 0 Å². The summed E-state index contributed by atoms with van der Waals surface area (Å²) in [5, 5.41) is 0. The van der Waals surface area contributed by atoms with Gasteiger partial charge in [0.25, 0.3) is 0 Å². The van der Waals surface area contributed by atoms with Crippen LogP contribution in [-0.4, -0.2) is 19.6 Å². The molecule has 1 aromatic carbocycles. The molecule has 2 rings (SSSR count). The molecule has 1 aromatic rings. The summed E-state index contributed by atoms with van der Waals surface area (Å²) in [4.78, 5) is 2.32. The van der Waals surface area contributed by atoms with Crippen molar-refractivity contribution in [2.45, 2.75) is 32.6 Å². The number of halogens is 1. The number of nitrogens with zero attached hydrogens (tertiary/aromatic N) is 1. The Bertz CT molecular complexity index is 392. The van der Waals surface area contributed by atoms with Crippen LogP contribution in [0.3, 0.4) is 0 Å². The SMILES string of the molecule is CCC1CCCN(c2cc(F)cc(CCN)c2)C1. The Morgan fingerprint density at radius 1 is 1.39 bits per heavy atom. The molecule has 0 aromatic heterocycles. The van der Waals surface area contributed by atoms with Gasteiger partial charge in [0.1, 0.15) is 5.82 Å². The number of hydrogen-bond donors (Lipinski definition) is 1. The first kappa shape index (κ1) is 13.3. The molecule has 0 bridgehead atoms. The lowest BCUT2D eigenvalue weighted by atomic mass is 9.95. The van der Waals surface area contributed by atoms with E-state index in [1.807, 2.05) is 0 Å². The van der Waals surface area contributed by atoms with Crippen molar-refractivity contribution in [3.05, 3.63) is 29.6 Å². The molecule has 1 aliphatic rings. The van der Waals surface area contributed by atoms with Crippen molar-refractivity contribution in [1.82, 2.24) is 0 Å². The summed E-state index contributed by atoms with van der Waals surface area (Å²) >= 11 is 0. The summed E-state index contributed by atoms with van der Waals surface area (Å²) in [6.45, 7) is 4.91. The average molecular weight is 250 g/mol. The van der Waals surface area contributed by atoms with Gasteiger partial charge in [-0.25, -0.2) is 4.39 Å². The van der Waals surface area contributed by atoms with Crippen LogP contribution in [0.1, 0.15) is 31.7 Å². The molecule has 0 saturated carbocycles. The molecule has 1 unspecified atom stereocenters. The van der Waals surface area contributed by atoms with Crippen LogP contribution in [0, 0.1) is 11.7 Å². The minimum Gasteiger partial charge on any atom is -0.371 e. The Morgan fingerprint density at radius 2 is 2.22 bits per heavy atom. The second-order valence-corrected chi connectivity index (χ2v) is 5.22. The molecular weight excluding hydrogens is 227 g/mol. The smallest absolute Gasteiger partial charge is 0.125 e. The van der Waals surface area contributed by atoms with Crippen LogP contribution >= 0.6 is 0 Å². The van der Waals surface area contributed by atoms with Gasteiger partial charge in [0.15, 0.2) is 0 Å². The third-order valence-electron chi connectivity index (χ3n) is 3.84. The normalized spacial score (nSPS) is 20.2. The topological polar surface area (TPSA) is 29.3 Å². The van der Waals surface area contributed by atoms with Gasteiger partial charge in [0, 0.05) is 18.8 Å². The zero-order valence-electron chi connectivity index (χ0n) is 11.2. The van der Waals surface area contributed by atoms with E-state index in [4.69, 9.17) is 5.73 Å². The fourth-order valence-electron chi connectivity index (χ4n) is 2.76. The summed E-state index contributed by atoms with van der Waals surface area (Å²) in [6, 6.07) is 5.34. The molecule has 1 aliphatic heterocycles. The van der Waals surface area contributed by atoms with Gasteiger partial charge in [-0.3, -0.25) is 0 Å². The van der Waals surface area contributed by atoms with Crippen molar-refractivity contribution in [3.8, 4) is 0 Å². The molecule has 1 atom stereocenters. The average Bonchev–Trinajstić information content (AvgIpc) is 2.38. The van der Waals surface area contributed by atoms with Gasteiger partial charge in [-0.05, 0) is 55.5 Å². The Labute approximate surface area is 109 Å². The van der Waals surface area contributed by atoms with Crippen molar-refractivity contribution in [2.75, 3.05) is 24.5 Å². The second kappa shape index (κ2) is 6.19. The first-order chi connectivity index (χ1) is 8.72. The maximum atomic E-state index is 13.6. The molecule has 3 heteroatoms. The van der Waals surface area contributed by atoms with E-state index >= 15 is 0 Å². The van der Waals surface area contributed by atoms with Crippen molar-refractivity contribution in [1.29, 1.82) is 0 Å². The zero-order chi connectivity index (χ0) is 13.0. The predicted molar refractivity (Wildman–Crippen MR) is 74.4 cm³/mol. The van der Waals surface area contributed by atoms with Crippen molar-refractivity contribution in [2.24, 2.45) is 11.7 Å². The Balaban J connectivity index is 2.16. The van der Waals surface area contributed by atoms with Crippen molar-refractivity contribution in [3.63, 3.8) is 0 Å². The molecular formula is C15H23FN2. The van der Waals surface area contributed by atoms with Crippen molar-refractivity contribution >= 4 is 5.69 Å². The third-order valence-corrected chi connectivity index (χ3v) is 3.84. The van der Waals surface area contributed by atoms with E-state index < -0.39 is 0 Å². The Kier molecular flexibility index (Phi) is 4.59. The van der Waals surface area contributed by atoms with Gasteiger partial charge in [0.05, 0.1) is 0 Å². The lowest BCUT2D eigenvalue weighted by Crippen LogP contribution is -2.35. The van der Waals surface area contributed by atoms with E-state index in [0.717, 1.165) is 36.7 Å². The highest BCUT2D eigenvalue weighted by Crippen LogP contribution is 2.26. The van der Waals surface area contributed by atoms with Crippen LogP contribution in [0.15, 0.2) is 18.2 Å². The minimum atomic E-state index is -0.144. The first-order valence-corrected chi connectivity index (χ1v) is 6.97. The van der Waals surface area contributed by atoms with Crippen LogP contribution in [0.4, 0.5) is 10.1 Å². The molecule has 1 heterocycles. The lowest BCUT2D eigenvalue weighted by Gasteiger charge is -2.34. The number of anilines is 1. The molecule has 0 radical (unpaired) electrons. The number of benzene rings is 1. The summed E-state index contributed by atoms with van der Waals surface area (Å²) in [5.41, 5.74) is 7.58. The molecule has 2 nitrogen and oxygen atoms in total. The molecule has 18 heavy (non-hydrogen) atoms. The van der Waals surface area contributed by atoms with Gasteiger partial charge < -0.3 is 10.6 Å². The molecule has 2 N–H and O–H groups in total. The van der Waals surface area contributed by atoms with Crippen LogP contribution in [0.5, 0.6) is 0 Å². The van der Waals surface area contributed by atoms with Gasteiger partial charge >= 0.3 is 0 Å². The van der Waals surface area contributed by atoms with Crippen molar-refractivity contribution < 1.29 is 4.39 Å². The highest BCUT2D eigenvalue weighted by atomic mass is 19.1. The lowest BCUT2D eigenvalue weighted by molar-refractivity contribution is 0.404. The fourth-order valence-corrected chi connectivity index (χ4v) is 2.76. The zero-order valence-corrected chi connectivity index (χ0v) is 11.2. The predicted octanol–water partition coefficient (Wildman–Crippen LogP) is 2.95. The van der Waals surface area contributed by atoms with E-state index in [1.165, 1.54) is 19.3 Å². The molecule has 0 amide bonds. The Hall–Kier alpha value is -1.09. The van der Waals surface area contributed by atoms with E-state index in [2.05, 4.69) is 17.9 Å². The van der Waals surface area contributed by atoms with E-state index in [9.17, 15) is 4.39 Å². The van der Waals surface area contributed by atoms with E-state index in [-0.39, 0.29) is 5.82 Å². The monoisotopic (exact) mass is 250 g/mol. The number of piperidine rings is 1. The number of hydrogen-bond acceptors (Lipinski definition) is 2. The maximum Gasteiger partial charge on any atom is 0.125 e. The number of rotatable bonds is 4. The summed E-state index contributed by atoms with van der Waals surface area (Å²) in [5.74, 6) is 0.606. The standard InChI is InChI=1S/C15H23FN2/c1-2-12-4-3-7-18(11-12)15-9-13(5-6-17)8-14(16)10-15/h8-10,12H,2-7,11,17H2,1H3. The second-order valence-electron chi connectivity index (χ2n) is 5.22. The molecule has 1 fully saturated rings. The van der Waals surface area contributed by atoms with Crippen LogP contribution in [-0.2, 0) is 6.42 Å². The summed E-state index contributed by atoms with van der Waals surface area (Å²) in [6.07, 6.45) is 4.47. The van der Waals surface area contributed by atoms with Gasteiger partial charge in [-0.1, -0.05) is 13.3 Å². The van der Waals surface area contributed by atoms with Gasteiger partial charge in [0.2, 0.25) is 0 Å². The molecule has 100 valence electrons. The number of nitrogens with two attached hydrogens (primary N) is 1. The third kappa shape index (κ3) is 3.22. The van der Waals surface area contributed by atoms with E-state index in [1.54, 1.807) is 12.1 Å². The molecule has 1 saturated heterocycles. The Morgan fingerprint density at radius 3 is 2.94 bits per heavy atom. The summed E-state index contributed by atoms with van der Waals surface area (Å²) in [7, 11) is 0. The van der Waals surface area contributed by atoms with Crippen LogP contribution in [0.25, 0.3) is 0 Å². The first-order valence-electron chi connectivity index (χ1n) is 6.97. The van der Waals surface area contributed by atoms with E-state index in [0.29, 0.717) is 6.54 Å². The summed E-state index contributed by atoms with van der Waals surface area (Å²) < 4.78 is 13.6.